The zero-order valence-electron chi connectivity index (χ0n) is 10.3. The van der Waals surface area contributed by atoms with E-state index in [1.54, 1.807) is 0 Å². The Balaban J connectivity index is 2.42. The number of hydrogen-bond donors (Lipinski definition) is 2. The molecular weight excluding hydrogens is 244 g/mol. The predicted molar refractivity (Wildman–Crippen MR) is 69.8 cm³/mol. The first-order valence-corrected chi connectivity index (χ1v) is 5.98. The molecule has 5 nitrogen and oxygen atoms in total. The Morgan fingerprint density at radius 2 is 1.89 bits per heavy atom. The second kappa shape index (κ2) is 6.06. The maximum atomic E-state index is 11.1. The number of aromatic nitrogens is 2. The fourth-order valence-corrected chi connectivity index (χ4v) is 1.71. The van der Waals surface area contributed by atoms with Gasteiger partial charge in [-0.15, -0.1) is 0 Å². The van der Waals surface area contributed by atoms with Crippen LogP contribution in [0.15, 0.2) is 36.4 Å². The normalized spacial score (nSPS) is 10.4. The van der Waals surface area contributed by atoms with Crippen molar-refractivity contribution in [3.63, 3.8) is 0 Å². The van der Waals surface area contributed by atoms with Gasteiger partial charge in [0, 0.05) is 17.9 Å². The number of carboxylic acid groups (broad SMARTS) is 1. The number of hydrogen-bond acceptors (Lipinski definition) is 4. The number of carboxylic acids is 1. The first-order valence-electron chi connectivity index (χ1n) is 5.98. The summed E-state index contributed by atoms with van der Waals surface area (Å²) in [6.45, 7) is 0.0487. The first-order chi connectivity index (χ1) is 9.20. The highest BCUT2D eigenvalue weighted by molar-refractivity contribution is 5.86. The van der Waals surface area contributed by atoms with Crippen molar-refractivity contribution in [2.75, 3.05) is 6.61 Å². The Morgan fingerprint density at radius 1 is 1.16 bits per heavy atom. The Kier molecular flexibility index (Phi) is 4.20. The van der Waals surface area contributed by atoms with Crippen molar-refractivity contribution in [3.8, 4) is 11.4 Å². The van der Waals surface area contributed by atoms with Crippen LogP contribution in [0, 0.1) is 0 Å². The van der Waals surface area contributed by atoms with Gasteiger partial charge in [0.2, 0.25) is 0 Å². The maximum absolute atomic E-state index is 11.1. The van der Waals surface area contributed by atoms with Crippen LogP contribution in [-0.2, 0) is 6.42 Å². The molecule has 1 aromatic carbocycles. The summed E-state index contributed by atoms with van der Waals surface area (Å²) in [5.74, 6) is -0.682. The standard InChI is InChI=1S/C14H14N2O3/c17-8-4-7-11-9-12(14(18)19)16-13(15-11)10-5-2-1-3-6-10/h1-3,5-6,9,17H,4,7-8H2,(H,18,19). The van der Waals surface area contributed by atoms with Crippen LogP contribution in [0.1, 0.15) is 22.6 Å². The van der Waals surface area contributed by atoms with Crippen molar-refractivity contribution >= 4 is 5.97 Å². The summed E-state index contributed by atoms with van der Waals surface area (Å²) in [6, 6.07) is 10.7. The lowest BCUT2D eigenvalue weighted by Crippen LogP contribution is -2.06. The molecule has 0 spiro atoms. The van der Waals surface area contributed by atoms with E-state index in [2.05, 4.69) is 9.97 Å². The molecule has 19 heavy (non-hydrogen) atoms. The number of benzene rings is 1. The third kappa shape index (κ3) is 3.35. The minimum Gasteiger partial charge on any atom is -0.477 e. The van der Waals surface area contributed by atoms with Crippen molar-refractivity contribution in [1.82, 2.24) is 9.97 Å². The van der Waals surface area contributed by atoms with Gasteiger partial charge in [-0.05, 0) is 18.9 Å². The highest BCUT2D eigenvalue weighted by Gasteiger charge is 2.11. The van der Waals surface area contributed by atoms with Crippen molar-refractivity contribution in [2.24, 2.45) is 0 Å². The van der Waals surface area contributed by atoms with Gasteiger partial charge in [0.1, 0.15) is 0 Å². The van der Waals surface area contributed by atoms with Gasteiger partial charge in [-0.25, -0.2) is 14.8 Å². The summed E-state index contributed by atoms with van der Waals surface area (Å²) in [5, 5.41) is 17.9. The Hall–Kier alpha value is -2.27. The number of nitrogens with zero attached hydrogens (tertiary/aromatic N) is 2. The van der Waals surface area contributed by atoms with Gasteiger partial charge in [0.25, 0.3) is 0 Å². The molecule has 0 saturated carbocycles. The zero-order valence-corrected chi connectivity index (χ0v) is 10.3. The molecule has 0 aliphatic rings. The molecule has 2 rings (SSSR count). The molecule has 0 aliphatic carbocycles. The van der Waals surface area contributed by atoms with Crippen LogP contribution in [0.3, 0.4) is 0 Å². The largest absolute Gasteiger partial charge is 0.477 e. The van der Waals surface area contributed by atoms with E-state index in [0.717, 1.165) is 5.56 Å². The van der Waals surface area contributed by atoms with Crippen LogP contribution in [0.25, 0.3) is 11.4 Å². The summed E-state index contributed by atoms with van der Waals surface area (Å²) in [4.78, 5) is 19.4. The number of aryl methyl sites for hydroxylation is 1. The van der Waals surface area contributed by atoms with Crippen LogP contribution in [0.5, 0.6) is 0 Å². The van der Waals surface area contributed by atoms with Crippen LogP contribution in [0.4, 0.5) is 0 Å². The molecule has 0 amide bonds. The smallest absolute Gasteiger partial charge is 0.354 e. The zero-order chi connectivity index (χ0) is 13.7. The van der Waals surface area contributed by atoms with Gasteiger partial charge in [0.15, 0.2) is 11.5 Å². The first kappa shape index (κ1) is 13.2. The third-order valence-corrected chi connectivity index (χ3v) is 2.62. The molecule has 0 radical (unpaired) electrons. The van der Waals surface area contributed by atoms with E-state index in [0.29, 0.717) is 24.4 Å². The third-order valence-electron chi connectivity index (χ3n) is 2.62. The van der Waals surface area contributed by atoms with Crippen molar-refractivity contribution < 1.29 is 15.0 Å². The highest BCUT2D eigenvalue weighted by atomic mass is 16.4. The minimum absolute atomic E-state index is 0.0261. The molecule has 1 heterocycles. The number of rotatable bonds is 5. The van der Waals surface area contributed by atoms with Gasteiger partial charge in [-0.1, -0.05) is 30.3 Å². The van der Waals surface area contributed by atoms with Gasteiger partial charge in [0.05, 0.1) is 0 Å². The molecule has 0 unspecified atom stereocenters. The number of carbonyl (C=O) groups is 1. The Morgan fingerprint density at radius 3 is 2.53 bits per heavy atom. The summed E-state index contributed by atoms with van der Waals surface area (Å²) in [5.41, 5.74) is 1.37. The summed E-state index contributed by atoms with van der Waals surface area (Å²) in [7, 11) is 0. The van der Waals surface area contributed by atoms with E-state index in [-0.39, 0.29) is 12.3 Å². The highest BCUT2D eigenvalue weighted by Crippen LogP contribution is 2.16. The summed E-state index contributed by atoms with van der Waals surface area (Å²) < 4.78 is 0. The molecule has 1 aromatic heterocycles. The van der Waals surface area contributed by atoms with E-state index < -0.39 is 5.97 Å². The maximum Gasteiger partial charge on any atom is 0.354 e. The van der Waals surface area contributed by atoms with E-state index in [9.17, 15) is 4.79 Å². The van der Waals surface area contributed by atoms with Gasteiger partial charge in [-0.2, -0.15) is 0 Å². The topological polar surface area (TPSA) is 83.3 Å². The van der Waals surface area contributed by atoms with Gasteiger partial charge < -0.3 is 10.2 Å². The van der Waals surface area contributed by atoms with E-state index in [1.165, 1.54) is 6.07 Å². The van der Waals surface area contributed by atoms with Gasteiger partial charge >= 0.3 is 5.97 Å². The fourth-order valence-electron chi connectivity index (χ4n) is 1.71. The lowest BCUT2D eigenvalue weighted by molar-refractivity contribution is 0.0690. The SMILES string of the molecule is O=C(O)c1cc(CCCO)nc(-c2ccccc2)n1. The van der Waals surface area contributed by atoms with Crippen LogP contribution >= 0.6 is 0 Å². The van der Waals surface area contributed by atoms with Crippen LogP contribution in [0.2, 0.25) is 0 Å². The van der Waals surface area contributed by atoms with Crippen molar-refractivity contribution in [1.29, 1.82) is 0 Å². The lowest BCUT2D eigenvalue weighted by atomic mass is 10.1. The van der Waals surface area contributed by atoms with Crippen molar-refractivity contribution in [2.45, 2.75) is 12.8 Å². The number of aromatic carboxylic acids is 1. The Bertz CT molecular complexity index is 570. The monoisotopic (exact) mass is 258 g/mol. The number of aliphatic hydroxyl groups excluding tert-OH is 1. The Labute approximate surface area is 110 Å². The summed E-state index contributed by atoms with van der Waals surface area (Å²) in [6.07, 6.45) is 1.07. The quantitative estimate of drug-likeness (QED) is 0.853. The average Bonchev–Trinajstić information content (AvgIpc) is 2.45. The molecule has 2 aromatic rings. The molecule has 2 N–H and O–H groups in total. The molecule has 0 aliphatic heterocycles. The van der Waals surface area contributed by atoms with Crippen LogP contribution in [-0.4, -0.2) is 32.8 Å². The molecule has 0 fully saturated rings. The van der Waals surface area contributed by atoms with E-state index in [4.69, 9.17) is 10.2 Å². The minimum atomic E-state index is -1.08. The fraction of sp³-hybridized carbons (Fsp3) is 0.214. The predicted octanol–water partition coefficient (Wildman–Crippen LogP) is 1.77. The lowest BCUT2D eigenvalue weighted by Gasteiger charge is -2.05. The molecule has 0 atom stereocenters. The van der Waals surface area contributed by atoms with Crippen LogP contribution < -0.4 is 0 Å². The molecule has 0 bridgehead atoms. The van der Waals surface area contributed by atoms with Gasteiger partial charge in [-0.3, -0.25) is 0 Å². The molecule has 0 saturated heterocycles. The number of aliphatic hydroxyl groups is 1. The van der Waals surface area contributed by atoms with Crippen molar-refractivity contribution in [3.05, 3.63) is 47.8 Å². The molecular formula is C14H14N2O3. The molecule has 5 heteroatoms. The summed E-state index contributed by atoms with van der Waals surface area (Å²) >= 11 is 0. The second-order valence-corrected chi connectivity index (χ2v) is 4.07. The molecule has 98 valence electrons. The average molecular weight is 258 g/mol. The van der Waals surface area contributed by atoms with E-state index in [1.807, 2.05) is 30.3 Å². The second-order valence-electron chi connectivity index (χ2n) is 4.07. The van der Waals surface area contributed by atoms with E-state index >= 15 is 0 Å².